The number of piperazine rings is 1. The second-order valence-electron chi connectivity index (χ2n) is 8.07. The maximum atomic E-state index is 6.31. The molecule has 1 saturated heterocycles. The minimum atomic E-state index is 0.254. The number of hydrogen-bond acceptors (Lipinski definition) is 3. The number of nitrogens with two attached hydrogens (primary N) is 1. The Hall–Kier alpha value is -0.120. The Kier molecular flexibility index (Phi) is 4.83. The molecule has 0 aromatic rings. The minimum absolute atomic E-state index is 0.254. The van der Waals surface area contributed by atoms with Gasteiger partial charge in [-0.15, -0.1) is 0 Å². The molecule has 0 radical (unpaired) electrons. The summed E-state index contributed by atoms with van der Waals surface area (Å²) < 4.78 is 0. The van der Waals surface area contributed by atoms with Crippen LogP contribution < -0.4 is 5.73 Å². The fraction of sp³-hybridized carbons (Fsp3) is 1.00. The molecule has 118 valence electrons. The Bertz CT molecular complexity index is 328. The van der Waals surface area contributed by atoms with Crippen LogP contribution in [0.5, 0.6) is 0 Å². The van der Waals surface area contributed by atoms with Crippen molar-refractivity contribution >= 4 is 0 Å². The van der Waals surface area contributed by atoms with Crippen LogP contribution in [0.2, 0.25) is 0 Å². The second kappa shape index (κ2) is 5.94. The molecule has 2 rings (SSSR count). The van der Waals surface area contributed by atoms with Crippen LogP contribution in [0.1, 0.15) is 53.4 Å². The molecule has 2 aliphatic rings. The lowest BCUT2D eigenvalue weighted by atomic mass is 9.63. The van der Waals surface area contributed by atoms with Crippen LogP contribution in [0.3, 0.4) is 0 Å². The third-order valence-electron chi connectivity index (χ3n) is 6.24. The van der Waals surface area contributed by atoms with Gasteiger partial charge in [-0.3, -0.25) is 4.90 Å². The SMILES string of the molecule is CCC1CN(C2(CN)CCC(C)(C)CC2C)CCN1C. The summed E-state index contributed by atoms with van der Waals surface area (Å²) in [6.45, 7) is 14.0. The van der Waals surface area contributed by atoms with Crippen LogP contribution in [-0.2, 0) is 0 Å². The Morgan fingerprint density at radius 2 is 1.90 bits per heavy atom. The van der Waals surface area contributed by atoms with E-state index in [4.69, 9.17) is 5.73 Å². The van der Waals surface area contributed by atoms with Crippen LogP contribution in [0.4, 0.5) is 0 Å². The largest absolute Gasteiger partial charge is 0.329 e. The van der Waals surface area contributed by atoms with Gasteiger partial charge in [0.15, 0.2) is 0 Å². The van der Waals surface area contributed by atoms with Crippen molar-refractivity contribution in [3.8, 4) is 0 Å². The van der Waals surface area contributed by atoms with Gasteiger partial charge in [-0.25, -0.2) is 0 Å². The van der Waals surface area contributed by atoms with Gasteiger partial charge in [0.1, 0.15) is 0 Å². The van der Waals surface area contributed by atoms with Crippen LogP contribution in [0.25, 0.3) is 0 Å². The van der Waals surface area contributed by atoms with Crippen LogP contribution >= 0.6 is 0 Å². The molecule has 0 amide bonds. The zero-order valence-corrected chi connectivity index (χ0v) is 14.3. The van der Waals surface area contributed by atoms with Gasteiger partial charge in [-0.2, -0.15) is 0 Å². The first-order chi connectivity index (χ1) is 9.34. The number of hydrogen-bond donors (Lipinski definition) is 1. The monoisotopic (exact) mass is 281 g/mol. The average Bonchev–Trinajstić information content (AvgIpc) is 2.40. The van der Waals surface area contributed by atoms with E-state index in [1.54, 1.807) is 0 Å². The first-order valence-corrected chi connectivity index (χ1v) is 8.50. The van der Waals surface area contributed by atoms with Crippen LogP contribution in [0, 0.1) is 11.3 Å². The number of nitrogens with zero attached hydrogens (tertiary/aromatic N) is 2. The molecule has 2 fully saturated rings. The quantitative estimate of drug-likeness (QED) is 0.863. The number of rotatable bonds is 3. The number of likely N-dealkylation sites (N-methyl/N-ethyl adjacent to an activating group) is 1. The highest BCUT2D eigenvalue weighted by Crippen LogP contribution is 2.46. The van der Waals surface area contributed by atoms with Gasteiger partial charge in [-0.05, 0) is 44.1 Å². The van der Waals surface area contributed by atoms with E-state index < -0.39 is 0 Å². The van der Waals surface area contributed by atoms with E-state index in [-0.39, 0.29) is 5.54 Å². The molecule has 20 heavy (non-hydrogen) atoms. The molecule has 1 aliphatic carbocycles. The Morgan fingerprint density at radius 3 is 2.45 bits per heavy atom. The lowest BCUT2D eigenvalue weighted by molar-refractivity contribution is -0.0571. The second-order valence-corrected chi connectivity index (χ2v) is 8.07. The standard InChI is InChI=1S/C17H35N3/c1-6-15-12-20(10-9-19(15)5)17(13-18)8-7-16(3,4)11-14(17)2/h14-15H,6-13,18H2,1-5H3. The molecule has 1 heterocycles. The summed E-state index contributed by atoms with van der Waals surface area (Å²) in [6, 6.07) is 0.703. The molecule has 3 atom stereocenters. The highest BCUT2D eigenvalue weighted by Gasteiger charge is 2.47. The topological polar surface area (TPSA) is 32.5 Å². The fourth-order valence-electron chi connectivity index (χ4n) is 4.62. The van der Waals surface area contributed by atoms with Gasteiger partial charge in [0.05, 0.1) is 0 Å². The third-order valence-corrected chi connectivity index (χ3v) is 6.24. The van der Waals surface area contributed by atoms with Crippen molar-refractivity contribution < 1.29 is 0 Å². The summed E-state index contributed by atoms with van der Waals surface area (Å²) in [6.07, 6.45) is 5.15. The maximum absolute atomic E-state index is 6.31. The van der Waals surface area contributed by atoms with Crippen molar-refractivity contribution in [2.24, 2.45) is 17.1 Å². The van der Waals surface area contributed by atoms with Crippen molar-refractivity contribution in [2.45, 2.75) is 65.0 Å². The van der Waals surface area contributed by atoms with Crippen molar-refractivity contribution in [3.05, 3.63) is 0 Å². The normalized spacial score (nSPS) is 39.9. The van der Waals surface area contributed by atoms with E-state index in [2.05, 4.69) is 44.5 Å². The maximum Gasteiger partial charge on any atom is 0.0358 e. The molecular weight excluding hydrogens is 246 g/mol. The van der Waals surface area contributed by atoms with Gasteiger partial charge >= 0.3 is 0 Å². The summed E-state index contributed by atoms with van der Waals surface area (Å²) >= 11 is 0. The van der Waals surface area contributed by atoms with E-state index in [9.17, 15) is 0 Å². The third kappa shape index (κ3) is 2.90. The Balaban J connectivity index is 2.15. The van der Waals surface area contributed by atoms with Crippen LogP contribution in [0.15, 0.2) is 0 Å². The summed E-state index contributed by atoms with van der Waals surface area (Å²) in [5.74, 6) is 0.706. The first kappa shape index (κ1) is 16.3. The molecule has 0 spiro atoms. The van der Waals surface area contributed by atoms with Crippen molar-refractivity contribution in [3.63, 3.8) is 0 Å². The fourth-order valence-corrected chi connectivity index (χ4v) is 4.62. The predicted molar refractivity (Wildman–Crippen MR) is 86.9 cm³/mol. The summed E-state index contributed by atoms with van der Waals surface area (Å²) in [5.41, 5.74) is 7.06. The highest BCUT2D eigenvalue weighted by molar-refractivity contribution is 5.03. The van der Waals surface area contributed by atoms with Crippen molar-refractivity contribution in [2.75, 3.05) is 33.2 Å². The van der Waals surface area contributed by atoms with Crippen LogP contribution in [-0.4, -0.2) is 54.6 Å². The molecule has 1 saturated carbocycles. The summed E-state index contributed by atoms with van der Waals surface area (Å²) in [4.78, 5) is 5.28. The summed E-state index contributed by atoms with van der Waals surface area (Å²) in [5, 5.41) is 0. The smallest absolute Gasteiger partial charge is 0.0358 e. The van der Waals surface area contributed by atoms with E-state index in [1.807, 2.05) is 0 Å². The van der Waals surface area contributed by atoms with Crippen molar-refractivity contribution in [1.82, 2.24) is 9.80 Å². The van der Waals surface area contributed by atoms with Gasteiger partial charge in [0, 0.05) is 37.8 Å². The molecule has 1 aliphatic heterocycles. The molecule has 0 aromatic carbocycles. The van der Waals surface area contributed by atoms with E-state index in [1.165, 1.54) is 45.3 Å². The lowest BCUT2D eigenvalue weighted by Crippen LogP contribution is -2.66. The van der Waals surface area contributed by atoms with Gasteiger partial charge in [-0.1, -0.05) is 27.7 Å². The minimum Gasteiger partial charge on any atom is -0.329 e. The molecule has 0 bridgehead atoms. The van der Waals surface area contributed by atoms with Gasteiger partial charge in [0.25, 0.3) is 0 Å². The van der Waals surface area contributed by atoms with E-state index in [0.717, 1.165) is 6.54 Å². The molecule has 2 N–H and O–H groups in total. The first-order valence-electron chi connectivity index (χ1n) is 8.50. The predicted octanol–water partition coefficient (Wildman–Crippen LogP) is 2.56. The average molecular weight is 281 g/mol. The van der Waals surface area contributed by atoms with E-state index in [0.29, 0.717) is 17.4 Å². The highest BCUT2D eigenvalue weighted by atomic mass is 15.3. The van der Waals surface area contributed by atoms with E-state index >= 15 is 0 Å². The molecule has 3 nitrogen and oxygen atoms in total. The van der Waals surface area contributed by atoms with Gasteiger partial charge in [0.2, 0.25) is 0 Å². The zero-order valence-electron chi connectivity index (χ0n) is 14.3. The Morgan fingerprint density at radius 1 is 1.20 bits per heavy atom. The molecule has 0 aromatic heterocycles. The summed E-state index contributed by atoms with van der Waals surface area (Å²) in [7, 11) is 2.27. The van der Waals surface area contributed by atoms with Gasteiger partial charge < -0.3 is 10.6 Å². The lowest BCUT2D eigenvalue weighted by Gasteiger charge is -2.56. The molecule has 3 unspecified atom stereocenters. The Labute approximate surface area is 125 Å². The zero-order chi connectivity index (χ0) is 15.0. The molecular formula is C17H35N3. The molecule has 3 heteroatoms. The van der Waals surface area contributed by atoms with Crippen molar-refractivity contribution in [1.29, 1.82) is 0 Å².